The third-order valence-electron chi connectivity index (χ3n) is 2.84. The average Bonchev–Trinajstić information content (AvgIpc) is 2.85. The van der Waals surface area contributed by atoms with Crippen molar-refractivity contribution in [3.63, 3.8) is 0 Å². The maximum Gasteiger partial charge on any atom is 0.224 e. The van der Waals surface area contributed by atoms with Crippen molar-refractivity contribution in [3.05, 3.63) is 42.5 Å². The van der Waals surface area contributed by atoms with E-state index in [1.165, 1.54) is 0 Å². The number of amides is 1. The summed E-state index contributed by atoms with van der Waals surface area (Å²) in [5.74, 6) is -0.0363. The summed E-state index contributed by atoms with van der Waals surface area (Å²) in [6.07, 6.45) is 8.05. The molecule has 2 aromatic heterocycles. The normalized spacial score (nSPS) is 11.0. The van der Waals surface area contributed by atoms with E-state index in [9.17, 15) is 4.79 Å². The summed E-state index contributed by atoms with van der Waals surface area (Å²) >= 11 is 0. The molecule has 2 aromatic rings. The second-order valence-corrected chi connectivity index (χ2v) is 4.85. The van der Waals surface area contributed by atoms with Gasteiger partial charge in [0.1, 0.15) is 0 Å². The van der Waals surface area contributed by atoms with Gasteiger partial charge in [-0.05, 0) is 31.0 Å². The molecular formula is C14H21Cl2N5O. The number of aromatic nitrogens is 3. The first kappa shape index (κ1) is 20.4. The van der Waals surface area contributed by atoms with Crippen LogP contribution in [-0.2, 0) is 11.3 Å². The highest BCUT2D eigenvalue weighted by atomic mass is 35.5. The zero-order valence-electron chi connectivity index (χ0n) is 12.3. The number of rotatable bonds is 6. The van der Waals surface area contributed by atoms with Crippen molar-refractivity contribution >= 4 is 36.4 Å². The predicted molar refractivity (Wildman–Crippen MR) is 91.6 cm³/mol. The molecular weight excluding hydrogens is 325 g/mol. The van der Waals surface area contributed by atoms with Crippen molar-refractivity contribution in [2.45, 2.75) is 32.4 Å². The van der Waals surface area contributed by atoms with Gasteiger partial charge in [-0.25, -0.2) is 0 Å². The van der Waals surface area contributed by atoms with E-state index < -0.39 is 0 Å². The lowest BCUT2D eigenvalue weighted by Gasteiger charge is -2.04. The Hall–Kier alpha value is -1.63. The first-order valence-corrected chi connectivity index (χ1v) is 6.60. The average molecular weight is 346 g/mol. The molecule has 2 heterocycles. The molecule has 22 heavy (non-hydrogen) atoms. The van der Waals surface area contributed by atoms with Gasteiger partial charge in [-0.1, -0.05) is 0 Å². The van der Waals surface area contributed by atoms with Crippen LogP contribution in [0.5, 0.6) is 0 Å². The van der Waals surface area contributed by atoms with E-state index in [0.29, 0.717) is 25.1 Å². The SMILES string of the molecule is CC(N)CCC(=O)Nc1cnn(Cc2ccncc2)c1.Cl.Cl. The largest absolute Gasteiger partial charge is 0.328 e. The van der Waals surface area contributed by atoms with Crippen molar-refractivity contribution in [3.8, 4) is 0 Å². The highest BCUT2D eigenvalue weighted by Crippen LogP contribution is 2.08. The lowest BCUT2D eigenvalue weighted by Crippen LogP contribution is -2.19. The zero-order chi connectivity index (χ0) is 14.4. The molecule has 0 saturated heterocycles. The summed E-state index contributed by atoms with van der Waals surface area (Å²) in [6.45, 7) is 2.54. The first-order valence-electron chi connectivity index (χ1n) is 6.60. The van der Waals surface area contributed by atoms with Crippen molar-refractivity contribution in [1.29, 1.82) is 0 Å². The Morgan fingerprint density at radius 2 is 2.05 bits per heavy atom. The molecule has 0 aliphatic heterocycles. The zero-order valence-corrected chi connectivity index (χ0v) is 13.9. The van der Waals surface area contributed by atoms with E-state index in [2.05, 4.69) is 15.4 Å². The number of carbonyl (C=O) groups is 1. The van der Waals surface area contributed by atoms with Gasteiger partial charge < -0.3 is 11.1 Å². The Labute approximate surface area is 142 Å². The Balaban J connectivity index is 0.00000220. The van der Waals surface area contributed by atoms with E-state index in [-0.39, 0.29) is 36.8 Å². The highest BCUT2D eigenvalue weighted by molar-refractivity contribution is 5.90. The Morgan fingerprint density at radius 1 is 1.36 bits per heavy atom. The van der Waals surface area contributed by atoms with Crippen LogP contribution in [-0.4, -0.2) is 26.7 Å². The van der Waals surface area contributed by atoms with Crippen LogP contribution in [0.2, 0.25) is 0 Å². The number of hydrogen-bond acceptors (Lipinski definition) is 4. The van der Waals surface area contributed by atoms with Gasteiger partial charge in [-0.3, -0.25) is 14.5 Å². The molecule has 3 N–H and O–H groups in total. The number of nitrogens with one attached hydrogen (secondary N) is 1. The summed E-state index contributed by atoms with van der Waals surface area (Å²) in [4.78, 5) is 15.6. The standard InChI is InChI=1S/C14H19N5O.2ClH/c1-11(15)2-3-14(20)18-13-8-17-19(10-13)9-12-4-6-16-7-5-12;;/h4-8,10-11H,2-3,9,15H2,1H3,(H,18,20);2*1H. The van der Waals surface area contributed by atoms with Gasteiger partial charge in [0.15, 0.2) is 0 Å². The molecule has 1 atom stereocenters. The fourth-order valence-electron chi connectivity index (χ4n) is 1.77. The maximum atomic E-state index is 11.7. The van der Waals surface area contributed by atoms with E-state index in [1.807, 2.05) is 25.3 Å². The lowest BCUT2D eigenvalue weighted by molar-refractivity contribution is -0.116. The number of anilines is 1. The van der Waals surface area contributed by atoms with Gasteiger partial charge in [-0.15, -0.1) is 24.8 Å². The molecule has 0 spiro atoms. The monoisotopic (exact) mass is 345 g/mol. The van der Waals surface area contributed by atoms with E-state index in [1.54, 1.807) is 23.3 Å². The number of hydrogen-bond donors (Lipinski definition) is 2. The summed E-state index contributed by atoms with van der Waals surface area (Å²) < 4.78 is 1.77. The third-order valence-corrected chi connectivity index (χ3v) is 2.84. The lowest BCUT2D eigenvalue weighted by atomic mass is 10.2. The van der Waals surface area contributed by atoms with Gasteiger partial charge in [0.25, 0.3) is 0 Å². The molecule has 122 valence electrons. The molecule has 2 rings (SSSR count). The third kappa shape index (κ3) is 6.89. The Morgan fingerprint density at radius 3 is 2.68 bits per heavy atom. The number of halogens is 2. The molecule has 0 aliphatic rings. The van der Waals surface area contributed by atoms with Crippen LogP contribution in [0, 0.1) is 0 Å². The van der Waals surface area contributed by atoms with Crippen LogP contribution >= 0.6 is 24.8 Å². The van der Waals surface area contributed by atoms with Crippen LogP contribution in [0.1, 0.15) is 25.3 Å². The summed E-state index contributed by atoms with van der Waals surface area (Å²) in [7, 11) is 0. The quantitative estimate of drug-likeness (QED) is 0.840. The van der Waals surface area contributed by atoms with Crippen molar-refractivity contribution in [1.82, 2.24) is 14.8 Å². The van der Waals surface area contributed by atoms with Crippen LogP contribution in [0.3, 0.4) is 0 Å². The second kappa shape index (κ2) is 10.2. The van der Waals surface area contributed by atoms with Gasteiger partial charge in [0.2, 0.25) is 5.91 Å². The highest BCUT2D eigenvalue weighted by Gasteiger charge is 2.06. The van der Waals surface area contributed by atoms with Crippen LogP contribution < -0.4 is 11.1 Å². The van der Waals surface area contributed by atoms with Gasteiger partial charge in [0, 0.05) is 31.1 Å². The van der Waals surface area contributed by atoms with E-state index >= 15 is 0 Å². The molecule has 1 amide bonds. The number of nitrogens with zero attached hydrogens (tertiary/aromatic N) is 3. The van der Waals surface area contributed by atoms with Gasteiger partial charge in [-0.2, -0.15) is 5.10 Å². The fourth-order valence-corrected chi connectivity index (χ4v) is 1.77. The predicted octanol–water partition coefficient (Wildman–Crippen LogP) is 2.24. The van der Waals surface area contributed by atoms with Gasteiger partial charge in [0.05, 0.1) is 18.4 Å². The maximum absolute atomic E-state index is 11.7. The van der Waals surface area contributed by atoms with Crippen molar-refractivity contribution < 1.29 is 4.79 Å². The number of carbonyl (C=O) groups excluding carboxylic acids is 1. The minimum atomic E-state index is -0.0363. The molecule has 0 bridgehead atoms. The summed E-state index contributed by atoms with van der Waals surface area (Å²) in [5, 5.41) is 7.03. The van der Waals surface area contributed by atoms with Crippen molar-refractivity contribution in [2.75, 3.05) is 5.32 Å². The van der Waals surface area contributed by atoms with Crippen LogP contribution in [0.4, 0.5) is 5.69 Å². The molecule has 0 aliphatic carbocycles. The van der Waals surface area contributed by atoms with Crippen LogP contribution in [0.15, 0.2) is 36.9 Å². The second-order valence-electron chi connectivity index (χ2n) is 4.85. The van der Waals surface area contributed by atoms with E-state index in [0.717, 1.165) is 5.56 Å². The molecule has 8 heteroatoms. The minimum Gasteiger partial charge on any atom is -0.328 e. The van der Waals surface area contributed by atoms with Gasteiger partial charge >= 0.3 is 0 Å². The molecule has 0 radical (unpaired) electrons. The Kier molecular flexibility index (Phi) is 9.40. The fraction of sp³-hybridized carbons (Fsp3) is 0.357. The first-order chi connectivity index (χ1) is 9.63. The number of nitrogens with two attached hydrogens (primary N) is 1. The number of pyridine rings is 1. The Bertz CT molecular complexity index is 559. The smallest absolute Gasteiger partial charge is 0.224 e. The molecule has 0 aromatic carbocycles. The van der Waals surface area contributed by atoms with E-state index in [4.69, 9.17) is 5.73 Å². The molecule has 0 saturated carbocycles. The summed E-state index contributed by atoms with van der Waals surface area (Å²) in [5.41, 5.74) is 7.43. The van der Waals surface area contributed by atoms with Crippen LogP contribution in [0.25, 0.3) is 0 Å². The minimum absolute atomic E-state index is 0. The van der Waals surface area contributed by atoms with Crippen molar-refractivity contribution in [2.24, 2.45) is 5.73 Å². The molecule has 0 fully saturated rings. The molecule has 1 unspecified atom stereocenters. The molecule has 6 nitrogen and oxygen atoms in total. The topological polar surface area (TPSA) is 85.8 Å². The summed E-state index contributed by atoms with van der Waals surface area (Å²) in [6, 6.07) is 3.90.